The molecule has 3 rings (SSSR count). The van der Waals surface area contributed by atoms with Crippen LogP contribution < -0.4 is 5.43 Å². The van der Waals surface area contributed by atoms with Gasteiger partial charge in [0.25, 0.3) is 0 Å². The second kappa shape index (κ2) is 5.25. The highest BCUT2D eigenvalue weighted by molar-refractivity contribution is 5.84. The van der Waals surface area contributed by atoms with Crippen LogP contribution in [0.4, 0.5) is 0 Å². The van der Waals surface area contributed by atoms with E-state index in [1.54, 1.807) is 48.5 Å². The molecule has 0 radical (unpaired) electrons. The van der Waals surface area contributed by atoms with Crippen molar-refractivity contribution in [3.8, 4) is 11.1 Å². The molecule has 4 heteroatoms. The summed E-state index contributed by atoms with van der Waals surface area (Å²) in [5.74, 6) is -0.858. The highest BCUT2D eigenvalue weighted by atomic mass is 16.4. The van der Waals surface area contributed by atoms with E-state index in [1.807, 2.05) is 6.07 Å². The fourth-order valence-corrected chi connectivity index (χ4v) is 2.35. The van der Waals surface area contributed by atoms with Crippen molar-refractivity contribution in [1.29, 1.82) is 0 Å². The molecule has 1 heterocycles. The van der Waals surface area contributed by atoms with Gasteiger partial charge in [0.05, 0.1) is 10.9 Å². The molecule has 1 aromatic heterocycles. The molecule has 0 spiro atoms. The first kappa shape index (κ1) is 13.1. The third-order valence-electron chi connectivity index (χ3n) is 3.24. The lowest BCUT2D eigenvalue weighted by Crippen LogP contribution is -2.12. The normalized spacial score (nSPS) is 10.7. The van der Waals surface area contributed by atoms with Gasteiger partial charge < -0.3 is 9.52 Å². The van der Waals surface area contributed by atoms with E-state index >= 15 is 0 Å². The van der Waals surface area contributed by atoms with Crippen molar-refractivity contribution in [1.82, 2.24) is 0 Å². The molecule has 0 unspecified atom stereocenters. The van der Waals surface area contributed by atoms with Crippen LogP contribution in [-0.4, -0.2) is 11.1 Å². The minimum atomic E-state index is -1.04. The highest BCUT2D eigenvalue weighted by Crippen LogP contribution is 2.24. The zero-order chi connectivity index (χ0) is 14.8. The van der Waals surface area contributed by atoms with E-state index in [-0.39, 0.29) is 17.6 Å². The van der Waals surface area contributed by atoms with Crippen LogP contribution in [0.3, 0.4) is 0 Å². The molecule has 0 fully saturated rings. The SMILES string of the molecule is O=C(O)Cc1oc2ccccc2c(=O)c1-c1ccccc1. The average Bonchev–Trinajstić information content (AvgIpc) is 2.48. The molecule has 0 bridgehead atoms. The van der Waals surface area contributed by atoms with E-state index < -0.39 is 5.97 Å². The number of carbonyl (C=O) groups is 1. The summed E-state index contributed by atoms with van der Waals surface area (Å²) in [4.78, 5) is 23.7. The first-order valence-corrected chi connectivity index (χ1v) is 6.49. The van der Waals surface area contributed by atoms with Crippen molar-refractivity contribution in [3.05, 3.63) is 70.6 Å². The summed E-state index contributed by atoms with van der Waals surface area (Å²) in [5.41, 5.74) is 1.17. The Morgan fingerprint density at radius 2 is 1.67 bits per heavy atom. The third kappa shape index (κ3) is 2.43. The van der Waals surface area contributed by atoms with Gasteiger partial charge in [-0.15, -0.1) is 0 Å². The van der Waals surface area contributed by atoms with E-state index in [9.17, 15) is 9.59 Å². The molecule has 0 saturated carbocycles. The second-order valence-electron chi connectivity index (χ2n) is 4.66. The lowest BCUT2D eigenvalue weighted by atomic mass is 10.0. The maximum Gasteiger partial charge on any atom is 0.311 e. The third-order valence-corrected chi connectivity index (χ3v) is 3.24. The van der Waals surface area contributed by atoms with E-state index in [0.717, 1.165) is 0 Å². The minimum Gasteiger partial charge on any atom is -0.481 e. The number of para-hydroxylation sites is 1. The summed E-state index contributed by atoms with van der Waals surface area (Å²) in [6.07, 6.45) is -0.329. The molecule has 0 amide bonds. The smallest absolute Gasteiger partial charge is 0.311 e. The molecule has 1 N–H and O–H groups in total. The Morgan fingerprint density at radius 3 is 2.38 bits per heavy atom. The van der Waals surface area contributed by atoms with E-state index in [0.29, 0.717) is 22.1 Å². The van der Waals surface area contributed by atoms with Gasteiger partial charge >= 0.3 is 5.97 Å². The lowest BCUT2D eigenvalue weighted by molar-refractivity contribution is -0.136. The lowest BCUT2D eigenvalue weighted by Gasteiger charge is -2.08. The molecule has 0 saturated heterocycles. The number of carboxylic acid groups (broad SMARTS) is 1. The van der Waals surface area contributed by atoms with Gasteiger partial charge in [-0.2, -0.15) is 0 Å². The topological polar surface area (TPSA) is 67.5 Å². The highest BCUT2D eigenvalue weighted by Gasteiger charge is 2.17. The van der Waals surface area contributed by atoms with E-state index in [2.05, 4.69) is 0 Å². The minimum absolute atomic E-state index is 0.178. The fourth-order valence-electron chi connectivity index (χ4n) is 2.35. The van der Waals surface area contributed by atoms with Crippen LogP contribution in [0.2, 0.25) is 0 Å². The maximum atomic E-state index is 12.7. The molecule has 4 nitrogen and oxygen atoms in total. The molecule has 0 aliphatic carbocycles. The van der Waals surface area contributed by atoms with Gasteiger partial charge in [0.1, 0.15) is 17.8 Å². The van der Waals surface area contributed by atoms with Crippen molar-refractivity contribution in [2.24, 2.45) is 0 Å². The zero-order valence-electron chi connectivity index (χ0n) is 11.1. The van der Waals surface area contributed by atoms with Gasteiger partial charge in [-0.1, -0.05) is 42.5 Å². The predicted molar refractivity (Wildman–Crippen MR) is 79.3 cm³/mol. The summed E-state index contributed by atoms with van der Waals surface area (Å²) in [7, 11) is 0. The summed E-state index contributed by atoms with van der Waals surface area (Å²) in [6.45, 7) is 0. The number of benzene rings is 2. The Morgan fingerprint density at radius 1 is 1.00 bits per heavy atom. The monoisotopic (exact) mass is 280 g/mol. The van der Waals surface area contributed by atoms with E-state index in [4.69, 9.17) is 9.52 Å². The molecule has 2 aromatic carbocycles. The second-order valence-corrected chi connectivity index (χ2v) is 4.66. The Balaban J connectivity index is 2.37. The van der Waals surface area contributed by atoms with Crippen LogP contribution in [0.5, 0.6) is 0 Å². The van der Waals surface area contributed by atoms with Gasteiger partial charge in [-0.05, 0) is 17.7 Å². The van der Waals surface area contributed by atoms with Gasteiger partial charge in [0.15, 0.2) is 0 Å². The zero-order valence-corrected chi connectivity index (χ0v) is 11.1. The number of hydrogen-bond acceptors (Lipinski definition) is 3. The number of hydrogen-bond donors (Lipinski definition) is 1. The largest absolute Gasteiger partial charge is 0.481 e. The Labute approximate surface area is 120 Å². The van der Waals surface area contributed by atoms with Crippen LogP contribution >= 0.6 is 0 Å². The Kier molecular flexibility index (Phi) is 3.28. The molecular formula is C17H12O4. The standard InChI is InChI=1S/C17H12O4/c18-15(19)10-14-16(11-6-2-1-3-7-11)17(20)12-8-4-5-9-13(12)21-14/h1-9H,10H2,(H,18,19). The first-order valence-electron chi connectivity index (χ1n) is 6.49. The van der Waals surface area contributed by atoms with E-state index in [1.165, 1.54) is 0 Å². The van der Waals surface area contributed by atoms with Crippen molar-refractivity contribution < 1.29 is 14.3 Å². The van der Waals surface area contributed by atoms with Crippen molar-refractivity contribution in [2.45, 2.75) is 6.42 Å². The number of rotatable bonds is 3. The number of aliphatic carboxylic acids is 1. The van der Waals surface area contributed by atoms with Crippen molar-refractivity contribution in [2.75, 3.05) is 0 Å². The molecule has 21 heavy (non-hydrogen) atoms. The summed E-state index contributed by atoms with van der Waals surface area (Å²) in [5, 5.41) is 9.49. The molecular weight excluding hydrogens is 268 g/mol. The predicted octanol–water partition coefficient (Wildman–Crippen LogP) is 3.09. The Hall–Kier alpha value is -2.88. The van der Waals surface area contributed by atoms with Gasteiger partial charge in [0.2, 0.25) is 5.43 Å². The average molecular weight is 280 g/mol. The van der Waals surface area contributed by atoms with Gasteiger partial charge in [-0.25, -0.2) is 0 Å². The maximum absolute atomic E-state index is 12.7. The quantitative estimate of drug-likeness (QED) is 0.800. The van der Waals surface area contributed by atoms with Crippen molar-refractivity contribution >= 4 is 16.9 Å². The molecule has 0 aliphatic rings. The summed E-state index contributed by atoms with van der Waals surface area (Å²) in [6, 6.07) is 15.8. The van der Waals surface area contributed by atoms with Gasteiger partial charge in [-0.3, -0.25) is 9.59 Å². The number of fused-ring (bicyclic) bond motifs is 1. The van der Waals surface area contributed by atoms with Crippen LogP contribution in [0.25, 0.3) is 22.1 Å². The first-order chi connectivity index (χ1) is 10.2. The van der Waals surface area contributed by atoms with Crippen LogP contribution in [0.15, 0.2) is 63.8 Å². The van der Waals surface area contributed by atoms with Crippen LogP contribution in [0.1, 0.15) is 5.76 Å². The summed E-state index contributed by atoms with van der Waals surface area (Å²) >= 11 is 0. The fraction of sp³-hybridized carbons (Fsp3) is 0.0588. The number of carboxylic acids is 1. The molecule has 3 aromatic rings. The van der Waals surface area contributed by atoms with Crippen LogP contribution in [-0.2, 0) is 11.2 Å². The molecule has 0 aliphatic heterocycles. The Bertz CT molecular complexity index is 863. The van der Waals surface area contributed by atoms with Crippen LogP contribution in [0, 0.1) is 0 Å². The molecule has 0 atom stereocenters. The van der Waals surface area contributed by atoms with Gasteiger partial charge in [0, 0.05) is 0 Å². The summed E-state index contributed by atoms with van der Waals surface area (Å²) < 4.78 is 5.66. The van der Waals surface area contributed by atoms with Crippen molar-refractivity contribution in [3.63, 3.8) is 0 Å². The molecule has 104 valence electrons.